The summed E-state index contributed by atoms with van der Waals surface area (Å²) in [5.41, 5.74) is 4.98. The fourth-order valence-corrected chi connectivity index (χ4v) is 4.14. The Morgan fingerprint density at radius 2 is 1.66 bits per heavy atom. The van der Waals surface area contributed by atoms with Crippen molar-refractivity contribution >= 4 is 11.6 Å². The first-order valence-electron chi connectivity index (χ1n) is 10.5. The van der Waals surface area contributed by atoms with Gasteiger partial charge in [-0.2, -0.15) is 5.10 Å². The van der Waals surface area contributed by atoms with Crippen molar-refractivity contribution in [2.24, 2.45) is 0 Å². The Morgan fingerprint density at radius 3 is 2.44 bits per heavy atom. The van der Waals surface area contributed by atoms with Gasteiger partial charge in [-0.3, -0.25) is 4.79 Å². The lowest BCUT2D eigenvalue weighted by Gasteiger charge is -2.17. The summed E-state index contributed by atoms with van der Waals surface area (Å²) < 4.78 is 12.6. The Kier molecular flexibility index (Phi) is 5.11. The molecule has 0 atom stereocenters. The minimum atomic E-state index is -0.116. The normalized spacial score (nSPS) is 12.5. The summed E-state index contributed by atoms with van der Waals surface area (Å²) in [5, 5.41) is 4.73. The zero-order valence-corrected chi connectivity index (χ0v) is 18.0. The van der Waals surface area contributed by atoms with Crippen molar-refractivity contribution in [3.05, 3.63) is 90.3 Å². The van der Waals surface area contributed by atoms with E-state index in [4.69, 9.17) is 14.6 Å². The third kappa shape index (κ3) is 3.39. The van der Waals surface area contributed by atoms with E-state index in [-0.39, 0.29) is 5.91 Å². The molecule has 0 unspecified atom stereocenters. The Bertz CT molecular complexity index is 1280. The lowest BCUT2D eigenvalue weighted by atomic mass is 10.0. The Balaban J connectivity index is 1.63. The predicted octanol–water partition coefficient (Wildman–Crippen LogP) is 4.76. The highest BCUT2D eigenvalue weighted by Gasteiger charge is 2.29. The van der Waals surface area contributed by atoms with Gasteiger partial charge >= 0.3 is 0 Å². The van der Waals surface area contributed by atoms with E-state index >= 15 is 0 Å². The van der Waals surface area contributed by atoms with E-state index in [1.54, 1.807) is 18.9 Å². The van der Waals surface area contributed by atoms with Crippen molar-refractivity contribution < 1.29 is 14.3 Å². The summed E-state index contributed by atoms with van der Waals surface area (Å²) in [6, 6.07) is 23.4. The minimum absolute atomic E-state index is 0.116. The molecule has 2 heterocycles. The SMILES string of the molecule is COc1ccc(-c2cn(-c3ccccc3)nc2C(=O)N2CCc3ccccc32)cc1OC. The topological polar surface area (TPSA) is 56.6 Å². The first kappa shape index (κ1) is 19.9. The molecule has 0 saturated heterocycles. The van der Waals surface area contributed by atoms with Gasteiger partial charge < -0.3 is 14.4 Å². The van der Waals surface area contributed by atoms with E-state index in [1.807, 2.05) is 77.8 Å². The van der Waals surface area contributed by atoms with Crippen LogP contribution in [0.5, 0.6) is 11.5 Å². The minimum Gasteiger partial charge on any atom is -0.493 e. The van der Waals surface area contributed by atoms with Crippen LogP contribution < -0.4 is 14.4 Å². The molecule has 0 N–H and O–H groups in total. The van der Waals surface area contributed by atoms with Crippen molar-refractivity contribution in [1.82, 2.24) is 9.78 Å². The monoisotopic (exact) mass is 425 g/mol. The van der Waals surface area contributed by atoms with E-state index < -0.39 is 0 Å². The van der Waals surface area contributed by atoms with Crippen molar-refractivity contribution in [3.8, 4) is 28.3 Å². The molecule has 1 aromatic heterocycles. The Morgan fingerprint density at radius 1 is 0.906 bits per heavy atom. The summed E-state index contributed by atoms with van der Waals surface area (Å²) in [5.74, 6) is 1.12. The molecule has 1 aliphatic heterocycles. The summed E-state index contributed by atoms with van der Waals surface area (Å²) in [6.45, 7) is 0.641. The number of para-hydroxylation sites is 2. The van der Waals surface area contributed by atoms with Crippen molar-refractivity contribution in [2.75, 3.05) is 25.7 Å². The molecule has 1 amide bonds. The molecule has 0 radical (unpaired) electrons. The number of hydrogen-bond donors (Lipinski definition) is 0. The number of carbonyl (C=O) groups is 1. The molecule has 4 aromatic rings. The van der Waals surface area contributed by atoms with E-state index in [0.717, 1.165) is 28.9 Å². The van der Waals surface area contributed by atoms with Gasteiger partial charge in [0.1, 0.15) is 0 Å². The van der Waals surface area contributed by atoms with Gasteiger partial charge in [0, 0.05) is 24.0 Å². The number of amides is 1. The maximum atomic E-state index is 13.7. The van der Waals surface area contributed by atoms with Crippen LogP contribution in [0.4, 0.5) is 5.69 Å². The highest BCUT2D eigenvalue weighted by molar-refractivity contribution is 6.09. The number of aromatic nitrogens is 2. The van der Waals surface area contributed by atoms with Gasteiger partial charge in [-0.25, -0.2) is 4.68 Å². The van der Waals surface area contributed by atoms with Crippen LogP contribution >= 0.6 is 0 Å². The second-order valence-electron chi connectivity index (χ2n) is 7.58. The van der Waals surface area contributed by atoms with Crippen LogP contribution in [0, 0.1) is 0 Å². The van der Waals surface area contributed by atoms with Crippen molar-refractivity contribution in [1.29, 1.82) is 0 Å². The fraction of sp³-hybridized carbons (Fsp3) is 0.154. The van der Waals surface area contributed by atoms with Gasteiger partial charge in [-0.1, -0.05) is 42.5 Å². The number of benzene rings is 3. The molecule has 160 valence electrons. The average Bonchev–Trinajstić information content (AvgIpc) is 3.49. The highest BCUT2D eigenvalue weighted by atomic mass is 16.5. The molecular weight excluding hydrogens is 402 g/mol. The van der Waals surface area contributed by atoms with Crippen LogP contribution in [-0.4, -0.2) is 36.5 Å². The number of rotatable bonds is 5. The number of anilines is 1. The molecule has 0 bridgehead atoms. The predicted molar refractivity (Wildman–Crippen MR) is 124 cm³/mol. The van der Waals surface area contributed by atoms with Gasteiger partial charge in [-0.05, 0) is 47.9 Å². The molecule has 32 heavy (non-hydrogen) atoms. The smallest absolute Gasteiger partial charge is 0.279 e. The third-order valence-electron chi connectivity index (χ3n) is 5.76. The van der Waals surface area contributed by atoms with Gasteiger partial charge in [0.05, 0.1) is 19.9 Å². The average molecular weight is 425 g/mol. The highest BCUT2D eigenvalue weighted by Crippen LogP contribution is 2.36. The number of ether oxygens (including phenoxy) is 2. The zero-order valence-electron chi connectivity index (χ0n) is 18.0. The van der Waals surface area contributed by atoms with Crippen molar-refractivity contribution in [2.45, 2.75) is 6.42 Å². The second-order valence-corrected chi connectivity index (χ2v) is 7.58. The zero-order chi connectivity index (χ0) is 22.1. The maximum absolute atomic E-state index is 13.7. The van der Waals surface area contributed by atoms with E-state index in [0.29, 0.717) is 23.7 Å². The van der Waals surface area contributed by atoms with Crippen molar-refractivity contribution in [3.63, 3.8) is 0 Å². The van der Waals surface area contributed by atoms with E-state index in [9.17, 15) is 4.79 Å². The number of hydrogen-bond acceptors (Lipinski definition) is 4. The van der Waals surface area contributed by atoms with Crippen LogP contribution in [0.3, 0.4) is 0 Å². The molecule has 6 nitrogen and oxygen atoms in total. The van der Waals surface area contributed by atoms with Crippen LogP contribution in [-0.2, 0) is 6.42 Å². The molecule has 0 fully saturated rings. The van der Waals surface area contributed by atoms with E-state index in [1.165, 1.54) is 5.56 Å². The van der Waals surface area contributed by atoms with Crippen LogP contribution in [0.15, 0.2) is 79.0 Å². The maximum Gasteiger partial charge on any atom is 0.279 e. The van der Waals surface area contributed by atoms with Gasteiger partial charge in [-0.15, -0.1) is 0 Å². The molecule has 1 aliphatic rings. The molecule has 3 aromatic carbocycles. The molecule has 0 saturated carbocycles. The molecule has 0 aliphatic carbocycles. The number of nitrogens with zero attached hydrogens (tertiary/aromatic N) is 3. The van der Waals surface area contributed by atoms with Gasteiger partial charge in [0.15, 0.2) is 17.2 Å². The Labute approximate surface area is 186 Å². The fourth-order valence-electron chi connectivity index (χ4n) is 4.14. The number of carbonyl (C=O) groups excluding carboxylic acids is 1. The molecular formula is C26H23N3O3. The Hall–Kier alpha value is -4.06. The van der Waals surface area contributed by atoms with E-state index in [2.05, 4.69) is 6.07 Å². The first-order valence-corrected chi connectivity index (χ1v) is 10.5. The standard InChI is InChI=1S/C26H23N3O3/c1-31-23-13-12-19(16-24(23)32-2)21-17-29(20-9-4-3-5-10-20)27-25(21)26(30)28-15-14-18-8-6-7-11-22(18)28/h3-13,16-17H,14-15H2,1-2H3. The van der Waals surface area contributed by atoms with Crippen LogP contribution in [0.25, 0.3) is 16.8 Å². The summed E-state index contributed by atoms with van der Waals surface area (Å²) in [7, 11) is 3.20. The molecule has 6 heteroatoms. The summed E-state index contributed by atoms with van der Waals surface area (Å²) in [4.78, 5) is 15.5. The molecule has 0 spiro atoms. The quantitative estimate of drug-likeness (QED) is 0.463. The second kappa shape index (κ2) is 8.23. The number of methoxy groups -OCH3 is 2. The summed E-state index contributed by atoms with van der Waals surface area (Å²) in [6.07, 6.45) is 2.73. The lowest BCUT2D eigenvalue weighted by molar-refractivity contribution is 0.0985. The number of fused-ring (bicyclic) bond motifs is 1. The molecule has 5 rings (SSSR count). The van der Waals surface area contributed by atoms with Crippen LogP contribution in [0.2, 0.25) is 0 Å². The van der Waals surface area contributed by atoms with Crippen LogP contribution in [0.1, 0.15) is 16.1 Å². The largest absolute Gasteiger partial charge is 0.493 e. The van der Waals surface area contributed by atoms with Gasteiger partial charge in [0.25, 0.3) is 5.91 Å². The lowest BCUT2D eigenvalue weighted by Crippen LogP contribution is -2.29. The van der Waals surface area contributed by atoms with Gasteiger partial charge in [0.2, 0.25) is 0 Å². The first-order chi connectivity index (χ1) is 15.7. The summed E-state index contributed by atoms with van der Waals surface area (Å²) >= 11 is 0. The third-order valence-corrected chi connectivity index (χ3v) is 5.76.